The van der Waals surface area contributed by atoms with Gasteiger partial charge in [0.25, 0.3) is 5.91 Å². The molecule has 2 aliphatic rings. The second-order valence-corrected chi connectivity index (χ2v) is 9.10. The molecule has 6 nitrogen and oxygen atoms in total. The standard InChI is InChI=1S/C22H31N5OS/c1-25-12-14-27(15-13-25)22-23-16-20(29-22)21(28)24-19(18-8-4-2-5-9-18)17-26-10-6-3-7-11-26/h2,4-5,8-9,16,19H,3,6-7,10-15,17H2,1H3,(H,24,28). The van der Waals surface area contributed by atoms with Crippen molar-refractivity contribution < 1.29 is 4.79 Å². The first-order valence-electron chi connectivity index (χ1n) is 10.7. The summed E-state index contributed by atoms with van der Waals surface area (Å²) in [4.78, 5) is 25.3. The first-order chi connectivity index (χ1) is 14.2. The van der Waals surface area contributed by atoms with Gasteiger partial charge < -0.3 is 20.0 Å². The van der Waals surface area contributed by atoms with E-state index >= 15 is 0 Å². The van der Waals surface area contributed by atoms with Crippen molar-refractivity contribution in [3.63, 3.8) is 0 Å². The zero-order valence-electron chi connectivity index (χ0n) is 17.2. The van der Waals surface area contributed by atoms with Gasteiger partial charge in [-0.25, -0.2) is 4.98 Å². The molecule has 1 unspecified atom stereocenters. The summed E-state index contributed by atoms with van der Waals surface area (Å²) in [6.45, 7) is 7.10. The fraction of sp³-hybridized carbons (Fsp3) is 0.545. The Morgan fingerprint density at radius 3 is 2.52 bits per heavy atom. The lowest BCUT2D eigenvalue weighted by Crippen LogP contribution is -2.44. The molecule has 0 bridgehead atoms. The molecule has 4 rings (SSSR count). The first kappa shape index (κ1) is 20.3. The highest BCUT2D eigenvalue weighted by molar-refractivity contribution is 7.17. The van der Waals surface area contributed by atoms with Crippen LogP contribution in [0.2, 0.25) is 0 Å². The van der Waals surface area contributed by atoms with Crippen molar-refractivity contribution >= 4 is 22.4 Å². The number of thiazole rings is 1. The van der Waals surface area contributed by atoms with Gasteiger partial charge in [-0.1, -0.05) is 48.1 Å². The molecular weight excluding hydrogens is 382 g/mol. The van der Waals surface area contributed by atoms with Gasteiger partial charge in [-0.15, -0.1) is 0 Å². The van der Waals surface area contributed by atoms with Gasteiger partial charge in [0, 0.05) is 32.7 Å². The summed E-state index contributed by atoms with van der Waals surface area (Å²) in [6.07, 6.45) is 5.54. The van der Waals surface area contributed by atoms with Crippen molar-refractivity contribution in [3.8, 4) is 0 Å². The fourth-order valence-electron chi connectivity index (χ4n) is 4.06. The zero-order valence-corrected chi connectivity index (χ0v) is 18.0. The minimum atomic E-state index is -0.0197. The number of likely N-dealkylation sites (N-methyl/N-ethyl adjacent to an activating group) is 1. The van der Waals surface area contributed by atoms with Crippen LogP contribution in [0.1, 0.15) is 40.5 Å². The van der Waals surface area contributed by atoms with Gasteiger partial charge in [0.1, 0.15) is 4.88 Å². The molecule has 1 aromatic carbocycles. The smallest absolute Gasteiger partial charge is 0.263 e. The summed E-state index contributed by atoms with van der Waals surface area (Å²) in [5.41, 5.74) is 1.16. The number of piperidine rings is 1. The van der Waals surface area contributed by atoms with E-state index in [1.54, 1.807) is 6.20 Å². The molecule has 2 aromatic rings. The lowest BCUT2D eigenvalue weighted by molar-refractivity contribution is 0.0924. The third kappa shape index (κ3) is 5.35. The molecule has 0 spiro atoms. The Kier molecular flexibility index (Phi) is 6.79. The van der Waals surface area contributed by atoms with Crippen LogP contribution >= 0.6 is 11.3 Å². The Morgan fingerprint density at radius 2 is 1.79 bits per heavy atom. The van der Waals surface area contributed by atoms with Crippen LogP contribution < -0.4 is 10.2 Å². The molecule has 156 valence electrons. The van der Waals surface area contributed by atoms with E-state index in [-0.39, 0.29) is 11.9 Å². The molecule has 1 N–H and O–H groups in total. The van der Waals surface area contributed by atoms with E-state index < -0.39 is 0 Å². The molecule has 0 radical (unpaired) electrons. The maximum absolute atomic E-state index is 13.0. The largest absolute Gasteiger partial charge is 0.346 e. The molecule has 1 atom stereocenters. The van der Waals surface area contributed by atoms with Crippen LogP contribution in [-0.2, 0) is 0 Å². The third-order valence-corrected chi connectivity index (χ3v) is 6.94. The summed E-state index contributed by atoms with van der Waals surface area (Å²) in [7, 11) is 2.14. The Labute approximate surface area is 177 Å². The van der Waals surface area contributed by atoms with Crippen LogP contribution in [0.25, 0.3) is 0 Å². The molecule has 2 fully saturated rings. The molecule has 3 heterocycles. The number of piperazine rings is 1. The van der Waals surface area contributed by atoms with Gasteiger partial charge in [-0.3, -0.25) is 4.79 Å². The van der Waals surface area contributed by atoms with E-state index in [2.05, 4.69) is 44.2 Å². The van der Waals surface area contributed by atoms with E-state index in [0.29, 0.717) is 4.88 Å². The maximum atomic E-state index is 13.0. The van der Waals surface area contributed by atoms with Gasteiger partial charge in [-0.05, 0) is 38.5 Å². The summed E-state index contributed by atoms with van der Waals surface area (Å²) in [6, 6.07) is 10.3. The second-order valence-electron chi connectivity index (χ2n) is 8.10. The van der Waals surface area contributed by atoms with Gasteiger partial charge in [0.05, 0.1) is 12.2 Å². The van der Waals surface area contributed by atoms with Gasteiger partial charge >= 0.3 is 0 Å². The number of nitrogens with zero attached hydrogens (tertiary/aromatic N) is 4. The van der Waals surface area contributed by atoms with E-state index in [1.165, 1.54) is 30.6 Å². The molecule has 0 aliphatic carbocycles. The lowest BCUT2D eigenvalue weighted by Gasteiger charge is -2.32. The average Bonchev–Trinajstić information content (AvgIpc) is 3.26. The Morgan fingerprint density at radius 1 is 1.07 bits per heavy atom. The molecule has 1 amide bonds. The van der Waals surface area contributed by atoms with Gasteiger partial charge in [0.2, 0.25) is 0 Å². The van der Waals surface area contributed by atoms with Crippen molar-refractivity contribution in [2.75, 3.05) is 57.8 Å². The van der Waals surface area contributed by atoms with Crippen molar-refractivity contribution in [2.45, 2.75) is 25.3 Å². The first-order valence-corrected chi connectivity index (χ1v) is 11.5. The van der Waals surface area contributed by atoms with Crippen LogP contribution in [0.15, 0.2) is 36.5 Å². The normalized spacial score (nSPS) is 19.8. The van der Waals surface area contributed by atoms with Gasteiger partial charge in [0.15, 0.2) is 5.13 Å². The number of anilines is 1. The Bertz CT molecular complexity index is 782. The minimum absolute atomic E-state index is 0.00372. The quantitative estimate of drug-likeness (QED) is 0.789. The van der Waals surface area contributed by atoms with E-state index in [1.807, 2.05) is 18.2 Å². The van der Waals surface area contributed by atoms with Crippen molar-refractivity contribution in [1.82, 2.24) is 20.1 Å². The highest BCUT2D eigenvalue weighted by Gasteiger charge is 2.23. The molecule has 7 heteroatoms. The van der Waals surface area contributed by atoms with Crippen LogP contribution in [0, 0.1) is 0 Å². The predicted octanol–water partition coefficient (Wildman–Crippen LogP) is 2.85. The number of benzene rings is 1. The third-order valence-electron chi connectivity index (χ3n) is 5.89. The molecule has 29 heavy (non-hydrogen) atoms. The molecule has 2 saturated heterocycles. The zero-order chi connectivity index (χ0) is 20.1. The number of hydrogen-bond donors (Lipinski definition) is 1. The van der Waals surface area contributed by atoms with E-state index in [0.717, 1.165) is 56.5 Å². The minimum Gasteiger partial charge on any atom is -0.346 e. The highest BCUT2D eigenvalue weighted by atomic mass is 32.1. The van der Waals surface area contributed by atoms with Crippen LogP contribution in [0.4, 0.5) is 5.13 Å². The summed E-state index contributed by atoms with van der Waals surface area (Å²) < 4.78 is 0. The number of aromatic nitrogens is 1. The van der Waals surface area contributed by atoms with E-state index in [4.69, 9.17) is 0 Å². The van der Waals surface area contributed by atoms with Gasteiger partial charge in [-0.2, -0.15) is 0 Å². The van der Waals surface area contributed by atoms with Crippen molar-refractivity contribution in [3.05, 3.63) is 47.0 Å². The monoisotopic (exact) mass is 413 g/mol. The topological polar surface area (TPSA) is 51.7 Å². The van der Waals surface area contributed by atoms with Crippen LogP contribution in [0.5, 0.6) is 0 Å². The number of hydrogen-bond acceptors (Lipinski definition) is 6. The number of carbonyl (C=O) groups excluding carboxylic acids is 1. The second kappa shape index (κ2) is 9.69. The molecule has 0 saturated carbocycles. The van der Waals surface area contributed by atoms with E-state index in [9.17, 15) is 4.79 Å². The molecule has 1 aromatic heterocycles. The summed E-state index contributed by atoms with van der Waals surface area (Å²) in [5.74, 6) is -0.0197. The number of carbonyl (C=O) groups is 1. The SMILES string of the molecule is CN1CCN(c2ncc(C(=O)NC(CN3CCCCC3)c3ccccc3)s2)CC1. The predicted molar refractivity (Wildman–Crippen MR) is 119 cm³/mol. The summed E-state index contributed by atoms with van der Waals surface area (Å²) in [5, 5.41) is 4.24. The van der Waals surface area contributed by atoms with Crippen LogP contribution in [0.3, 0.4) is 0 Å². The molecule has 2 aliphatic heterocycles. The average molecular weight is 414 g/mol. The Hall–Kier alpha value is -1.96. The number of amides is 1. The summed E-state index contributed by atoms with van der Waals surface area (Å²) >= 11 is 1.50. The number of likely N-dealkylation sites (tertiary alicyclic amines) is 1. The highest BCUT2D eigenvalue weighted by Crippen LogP contribution is 2.25. The maximum Gasteiger partial charge on any atom is 0.263 e. The number of rotatable bonds is 6. The Balaban J connectivity index is 1.43. The molecular formula is C22H31N5OS. The van der Waals surface area contributed by atoms with Crippen molar-refractivity contribution in [1.29, 1.82) is 0 Å². The fourth-order valence-corrected chi connectivity index (χ4v) is 4.93. The lowest BCUT2D eigenvalue weighted by atomic mass is 10.0. The number of nitrogens with one attached hydrogen (secondary N) is 1. The van der Waals surface area contributed by atoms with Crippen molar-refractivity contribution in [2.24, 2.45) is 0 Å². The van der Waals surface area contributed by atoms with Crippen LogP contribution in [-0.4, -0.2) is 73.6 Å².